The molecule has 0 rings (SSSR count). The molecule has 0 spiro atoms. The van der Waals surface area contributed by atoms with Crippen molar-refractivity contribution in [3.63, 3.8) is 0 Å². The van der Waals surface area contributed by atoms with Crippen molar-refractivity contribution in [2.45, 2.75) is 39.7 Å². The second-order valence-corrected chi connectivity index (χ2v) is 3.88. The normalized spacial score (nSPS) is 12.9. The summed E-state index contributed by atoms with van der Waals surface area (Å²) < 4.78 is 0. The Labute approximate surface area is 92.7 Å². The number of hydrogen-bond donors (Lipinski definition) is 2. The fourth-order valence-corrected chi connectivity index (χ4v) is 1.35. The maximum absolute atomic E-state index is 11.5. The monoisotopic (exact) mass is 216 g/mol. The van der Waals surface area contributed by atoms with Crippen LogP contribution in [0.4, 0.5) is 0 Å². The van der Waals surface area contributed by atoms with Gasteiger partial charge in [-0.3, -0.25) is 9.69 Å². The molecule has 0 saturated heterocycles. The van der Waals surface area contributed by atoms with Crippen molar-refractivity contribution in [3.8, 4) is 0 Å². The zero-order valence-electron chi connectivity index (χ0n) is 10.1. The molecule has 1 atom stereocenters. The van der Waals surface area contributed by atoms with E-state index < -0.39 is 0 Å². The van der Waals surface area contributed by atoms with Crippen molar-refractivity contribution < 1.29 is 9.90 Å². The molecule has 0 radical (unpaired) electrons. The predicted molar refractivity (Wildman–Crippen MR) is 61.7 cm³/mol. The Morgan fingerprint density at radius 3 is 2.53 bits per heavy atom. The first-order valence-electron chi connectivity index (χ1n) is 5.76. The number of aliphatic hydroxyl groups is 1. The minimum atomic E-state index is 0.0475. The van der Waals surface area contributed by atoms with Gasteiger partial charge < -0.3 is 10.4 Å². The fraction of sp³-hybridized carbons (Fsp3) is 0.909. The molecule has 0 aromatic rings. The smallest absolute Gasteiger partial charge is 0.234 e. The van der Waals surface area contributed by atoms with Gasteiger partial charge >= 0.3 is 0 Å². The van der Waals surface area contributed by atoms with Crippen molar-refractivity contribution >= 4 is 5.91 Å². The summed E-state index contributed by atoms with van der Waals surface area (Å²) in [5.41, 5.74) is 0. The number of hydrogen-bond acceptors (Lipinski definition) is 3. The van der Waals surface area contributed by atoms with Gasteiger partial charge in [0.25, 0.3) is 0 Å². The van der Waals surface area contributed by atoms with Crippen molar-refractivity contribution in [3.05, 3.63) is 0 Å². The number of nitrogens with one attached hydrogen (secondary N) is 1. The topological polar surface area (TPSA) is 52.6 Å². The average Bonchev–Trinajstić information content (AvgIpc) is 2.18. The van der Waals surface area contributed by atoms with E-state index >= 15 is 0 Å². The fourth-order valence-electron chi connectivity index (χ4n) is 1.35. The number of amides is 1. The van der Waals surface area contributed by atoms with Crippen LogP contribution in [0.5, 0.6) is 0 Å². The Morgan fingerprint density at radius 2 is 2.07 bits per heavy atom. The lowest BCUT2D eigenvalue weighted by Crippen LogP contribution is -2.42. The van der Waals surface area contributed by atoms with Gasteiger partial charge in [-0.25, -0.2) is 0 Å². The van der Waals surface area contributed by atoms with Crippen molar-refractivity contribution in [1.82, 2.24) is 10.2 Å². The van der Waals surface area contributed by atoms with Crippen molar-refractivity contribution in [2.75, 3.05) is 26.2 Å². The van der Waals surface area contributed by atoms with Crippen LogP contribution in [-0.4, -0.2) is 48.2 Å². The summed E-state index contributed by atoms with van der Waals surface area (Å²) in [5, 5.41) is 11.7. The maximum atomic E-state index is 11.5. The summed E-state index contributed by atoms with van der Waals surface area (Å²) in [7, 11) is 0. The molecule has 0 bridgehead atoms. The first-order valence-corrected chi connectivity index (χ1v) is 5.76. The molecule has 0 aliphatic heterocycles. The van der Waals surface area contributed by atoms with Gasteiger partial charge in [0.1, 0.15) is 0 Å². The van der Waals surface area contributed by atoms with E-state index in [4.69, 9.17) is 5.11 Å². The third-order valence-electron chi connectivity index (χ3n) is 2.34. The molecule has 0 aromatic heterocycles. The number of rotatable bonds is 8. The van der Waals surface area contributed by atoms with E-state index in [0.717, 1.165) is 19.4 Å². The van der Waals surface area contributed by atoms with Crippen molar-refractivity contribution in [1.29, 1.82) is 0 Å². The van der Waals surface area contributed by atoms with Crippen LogP contribution >= 0.6 is 0 Å². The van der Waals surface area contributed by atoms with Gasteiger partial charge in [0.15, 0.2) is 0 Å². The van der Waals surface area contributed by atoms with Crippen LogP contribution in [0.1, 0.15) is 33.6 Å². The Morgan fingerprint density at radius 1 is 1.40 bits per heavy atom. The summed E-state index contributed by atoms with van der Waals surface area (Å²) >= 11 is 0. The summed E-state index contributed by atoms with van der Waals surface area (Å²) in [6.45, 7) is 8.03. The summed E-state index contributed by atoms with van der Waals surface area (Å²) in [6.07, 6.45) is 1.94. The number of carbonyl (C=O) groups is 1. The molecule has 2 N–H and O–H groups in total. The van der Waals surface area contributed by atoms with Gasteiger partial charge in [-0.1, -0.05) is 13.8 Å². The van der Waals surface area contributed by atoms with Crippen LogP contribution in [-0.2, 0) is 4.79 Å². The molecule has 1 unspecified atom stereocenters. The summed E-state index contributed by atoms with van der Waals surface area (Å²) in [5.74, 6) is 0.0475. The van der Waals surface area contributed by atoms with Gasteiger partial charge in [0, 0.05) is 12.6 Å². The molecule has 4 heteroatoms. The van der Waals surface area contributed by atoms with Gasteiger partial charge in [-0.15, -0.1) is 0 Å². The maximum Gasteiger partial charge on any atom is 0.234 e. The third-order valence-corrected chi connectivity index (χ3v) is 2.34. The zero-order valence-corrected chi connectivity index (χ0v) is 10.1. The molecular weight excluding hydrogens is 192 g/mol. The highest BCUT2D eigenvalue weighted by Gasteiger charge is 2.10. The Bertz CT molecular complexity index is 168. The average molecular weight is 216 g/mol. The molecule has 0 fully saturated rings. The van der Waals surface area contributed by atoms with Gasteiger partial charge in [-0.05, 0) is 26.3 Å². The third kappa shape index (κ3) is 7.33. The molecular formula is C11H24N2O2. The molecule has 4 nitrogen and oxygen atoms in total. The van der Waals surface area contributed by atoms with E-state index in [1.165, 1.54) is 0 Å². The lowest BCUT2D eigenvalue weighted by molar-refractivity contribution is -0.123. The van der Waals surface area contributed by atoms with Crippen LogP contribution in [0.2, 0.25) is 0 Å². The summed E-state index contributed by atoms with van der Waals surface area (Å²) in [4.78, 5) is 13.5. The van der Waals surface area contributed by atoms with E-state index in [2.05, 4.69) is 12.2 Å². The van der Waals surface area contributed by atoms with Crippen LogP contribution in [0.25, 0.3) is 0 Å². The molecule has 0 aliphatic carbocycles. The van der Waals surface area contributed by atoms with Gasteiger partial charge in [0.2, 0.25) is 5.91 Å². The quantitative estimate of drug-likeness (QED) is 0.625. The minimum absolute atomic E-state index is 0.0475. The SMILES string of the molecule is CCCN(CCO)CC(=O)NC(C)CC. The van der Waals surface area contributed by atoms with Crippen LogP contribution in [0.15, 0.2) is 0 Å². The number of nitrogens with zero attached hydrogens (tertiary/aromatic N) is 1. The number of carbonyl (C=O) groups excluding carboxylic acids is 1. The van der Waals surface area contributed by atoms with E-state index in [9.17, 15) is 4.79 Å². The van der Waals surface area contributed by atoms with Gasteiger partial charge in [0.05, 0.1) is 13.2 Å². The molecule has 0 aromatic carbocycles. The first kappa shape index (κ1) is 14.4. The van der Waals surface area contributed by atoms with Gasteiger partial charge in [-0.2, -0.15) is 0 Å². The lowest BCUT2D eigenvalue weighted by atomic mass is 10.2. The Balaban J connectivity index is 3.87. The highest BCUT2D eigenvalue weighted by Crippen LogP contribution is 1.93. The lowest BCUT2D eigenvalue weighted by Gasteiger charge is -2.21. The number of aliphatic hydroxyl groups excluding tert-OH is 1. The van der Waals surface area contributed by atoms with Crippen molar-refractivity contribution in [2.24, 2.45) is 0 Å². The minimum Gasteiger partial charge on any atom is -0.395 e. The predicted octanol–water partition coefficient (Wildman–Crippen LogP) is 0.605. The highest BCUT2D eigenvalue weighted by molar-refractivity contribution is 5.78. The van der Waals surface area contributed by atoms with Crippen LogP contribution in [0.3, 0.4) is 0 Å². The Hall–Kier alpha value is -0.610. The van der Waals surface area contributed by atoms with Crippen LogP contribution in [0, 0.1) is 0 Å². The molecule has 1 amide bonds. The second kappa shape index (κ2) is 8.68. The molecule has 0 heterocycles. The molecule has 15 heavy (non-hydrogen) atoms. The van der Waals surface area contributed by atoms with Crippen LogP contribution < -0.4 is 5.32 Å². The second-order valence-electron chi connectivity index (χ2n) is 3.88. The zero-order chi connectivity index (χ0) is 11.7. The largest absolute Gasteiger partial charge is 0.395 e. The Kier molecular flexibility index (Phi) is 8.33. The molecule has 0 aliphatic rings. The van der Waals surface area contributed by atoms with E-state index in [1.54, 1.807) is 0 Å². The van der Waals surface area contributed by atoms with E-state index in [-0.39, 0.29) is 18.6 Å². The van der Waals surface area contributed by atoms with E-state index in [1.807, 2.05) is 18.7 Å². The van der Waals surface area contributed by atoms with E-state index in [0.29, 0.717) is 13.1 Å². The molecule has 0 saturated carbocycles. The summed E-state index contributed by atoms with van der Waals surface area (Å²) in [6, 6.07) is 0.232. The first-order chi connectivity index (χ1) is 7.13. The molecule has 90 valence electrons. The standard InChI is InChI=1S/C11H24N2O2/c1-4-6-13(7-8-14)9-11(15)12-10(3)5-2/h10,14H,4-9H2,1-3H3,(H,12,15). The highest BCUT2D eigenvalue weighted by atomic mass is 16.3.